The number of rotatable bonds is 4. The number of hydrogen-bond donors (Lipinski definition) is 1. The number of carbonyl (C=O) groups excluding carboxylic acids is 2. The highest BCUT2D eigenvalue weighted by molar-refractivity contribution is 7.98. The molecule has 2 aromatic carbocycles. The van der Waals surface area contributed by atoms with Crippen molar-refractivity contribution in [2.45, 2.75) is 43.2 Å². The number of ketones is 1. The average molecular weight is 507 g/mol. The maximum absolute atomic E-state index is 13.5. The third kappa shape index (κ3) is 4.79. The molecular weight excluding hydrogens is 485 g/mol. The first-order valence-electron chi connectivity index (χ1n) is 10.7. The van der Waals surface area contributed by atoms with Crippen LogP contribution in [-0.4, -0.2) is 23.7 Å². The van der Waals surface area contributed by atoms with Gasteiger partial charge in [0.15, 0.2) is 5.78 Å². The van der Waals surface area contributed by atoms with Crippen LogP contribution in [0.15, 0.2) is 63.6 Å². The number of benzene rings is 2. The highest BCUT2D eigenvalue weighted by Gasteiger charge is 2.42. The third-order valence-corrected chi connectivity index (χ3v) is 7.22. The molecule has 1 heterocycles. The molecule has 1 aliphatic heterocycles. The van der Waals surface area contributed by atoms with Gasteiger partial charge in [0.25, 0.3) is 0 Å². The largest absolute Gasteiger partial charge is 0.416 e. The van der Waals surface area contributed by atoms with E-state index in [1.807, 2.05) is 30.5 Å². The van der Waals surface area contributed by atoms with E-state index in [0.29, 0.717) is 36.2 Å². The van der Waals surface area contributed by atoms with Gasteiger partial charge < -0.3 is 5.32 Å². The lowest BCUT2D eigenvalue weighted by molar-refractivity contribution is -0.137. The molecule has 0 saturated carbocycles. The molecule has 2 aromatic rings. The maximum atomic E-state index is 13.5. The molecule has 0 bridgehead atoms. The summed E-state index contributed by atoms with van der Waals surface area (Å²) in [6.45, 7) is 1.71. The van der Waals surface area contributed by atoms with Gasteiger partial charge in [-0.1, -0.05) is 23.7 Å². The van der Waals surface area contributed by atoms with E-state index in [1.54, 1.807) is 18.7 Å². The van der Waals surface area contributed by atoms with Gasteiger partial charge in [-0.2, -0.15) is 13.2 Å². The molecule has 1 unspecified atom stereocenters. The van der Waals surface area contributed by atoms with E-state index >= 15 is 0 Å². The fraction of sp³-hybridized carbons (Fsp3) is 0.320. The zero-order valence-corrected chi connectivity index (χ0v) is 20.1. The van der Waals surface area contributed by atoms with Crippen LogP contribution in [0, 0.1) is 5.92 Å². The van der Waals surface area contributed by atoms with Gasteiger partial charge in [-0.25, -0.2) is 0 Å². The number of hydrogen-bond acceptors (Lipinski definition) is 4. The fourth-order valence-corrected chi connectivity index (χ4v) is 5.10. The van der Waals surface area contributed by atoms with E-state index in [4.69, 9.17) is 11.6 Å². The Bertz CT molecular complexity index is 1210. The summed E-state index contributed by atoms with van der Waals surface area (Å²) in [5.74, 6) is -2.06. The molecule has 178 valence electrons. The van der Waals surface area contributed by atoms with Crippen LogP contribution in [0.1, 0.15) is 43.2 Å². The molecule has 2 aliphatic rings. The Morgan fingerprint density at radius 2 is 1.85 bits per heavy atom. The van der Waals surface area contributed by atoms with Crippen molar-refractivity contribution in [3.05, 3.63) is 69.9 Å². The van der Waals surface area contributed by atoms with Gasteiger partial charge in [0.1, 0.15) is 0 Å². The minimum atomic E-state index is -4.58. The number of Topliss-reactive ketones (excluding diaryl/α,β-unsaturated/α-hetero) is 1. The van der Waals surface area contributed by atoms with Crippen LogP contribution < -0.4 is 5.32 Å². The monoisotopic (exact) mass is 506 g/mol. The Hall–Kier alpha value is -2.58. The average Bonchev–Trinajstić information content (AvgIpc) is 2.79. The molecule has 1 amide bonds. The van der Waals surface area contributed by atoms with Crippen LogP contribution in [0.5, 0.6) is 0 Å². The summed E-state index contributed by atoms with van der Waals surface area (Å²) < 4.78 is 39.6. The summed E-state index contributed by atoms with van der Waals surface area (Å²) in [6.07, 6.45) is -0.912. The highest BCUT2D eigenvalue weighted by Crippen LogP contribution is 2.44. The third-order valence-electron chi connectivity index (χ3n) is 6.14. The number of halogens is 4. The van der Waals surface area contributed by atoms with Gasteiger partial charge in [-0.3, -0.25) is 14.6 Å². The van der Waals surface area contributed by atoms with Crippen molar-refractivity contribution in [1.29, 1.82) is 0 Å². The number of alkyl halides is 3. The second kappa shape index (κ2) is 9.58. The zero-order valence-electron chi connectivity index (χ0n) is 18.5. The zero-order chi connectivity index (χ0) is 24.6. The number of nitrogens with one attached hydrogen (secondary N) is 1. The molecule has 0 fully saturated rings. The fourth-order valence-electron chi connectivity index (χ4n) is 4.53. The minimum absolute atomic E-state index is 0.0127. The molecule has 1 N–H and O–H groups in total. The second-order valence-corrected chi connectivity index (χ2v) is 9.59. The lowest BCUT2D eigenvalue weighted by Gasteiger charge is -2.35. The number of anilines is 1. The summed E-state index contributed by atoms with van der Waals surface area (Å²) in [4.78, 5) is 32.1. The van der Waals surface area contributed by atoms with Gasteiger partial charge in [0.2, 0.25) is 5.91 Å². The van der Waals surface area contributed by atoms with Gasteiger partial charge in [0.05, 0.1) is 22.2 Å². The molecular formula is C25H22ClF3N2O2S. The van der Waals surface area contributed by atoms with Crippen LogP contribution in [-0.2, 0) is 15.8 Å². The number of carbonyl (C=O) groups is 2. The van der Waals surface area contributed by atoms with E-state index in [-0.39, 0.29) is 16.5 Å². The topological polar surface area (TPSA) is 58.5 Å². The number of allylic oxidation sites excluding steroid dienone is 2. The second-order valence-electron chi connectivity index (χ2n) is 8.30. The molecule has 1 aliphatic carbocycles. The molecule has 0 aromatic heterocycles. The van der Waals surface area contributed by atoms with E-state index in [0.717, 1.165) is 28.7 Å². The molecule has 2 atom stereocenters. The number of thioether (sulfide) groups is 1. The van der Waals surface area contributed by atoms with Crippen molar-refractivity contribution in [3.63, 3.8) is 0 Å². The predicted molar refractivity (Wildman–Crippen MR) is 129 cm³/mol. The summed E-state index contributed by atoms with van der Waals surface area (Å²) in [5.41, 5.74) is 1.44. The van der Waals surface area contributed by atoms with E-state index in [9.17, 15) is 22.8 Å². The minimum Gasteiger partial charge on any atom is -0.324 e. The van der Waals surface area contributed by atoms with Gasteiger partial charge in [-0.15, -0.1) is 11.8 Å². The first kappa shape index (κ1) is 24.5. The quantitative estimate of drug-likeness (QED) is 0.459. The summed E-state index contributed by atoms with van der Waals surface area (Å²) in [5, 5.41) is 2.55. The molecule has 34 heavy (non-hydrogen) atoms. The van der Waals surface area contributed by atoms with Crippen molar-refractivity contribution in [1.82, 2.24) is 0 Å². The summed E-state index contributed by atoms with van der Waals surface area (Å²) >= 11 is 7.68. The Morgan fingerprint density at radius 3 is 2.50 bits per heavy atom. The molecule has 0 saturated heterocycles. The Morgan fingerprint density at radius 1 is 1.15 bits per heavy atom. The smallest absolute Gasteiger partial charge is 0.324 e. The van der Waals surface area contributed by atoms with Gasteiger partial charge in [-0.05, 0) is 61.9 Å². The molecule has 0 radical (unpaired) electrons. The van der Waals surface area contributed by atoms with E-state index < -0.39 is 29.5 Å². The van der Waals surface area contributed by atoms with Crippen molar-refractivity contribution in [3.8, 4) is 0 Å². The normalized spacial score (nSPS) is 20.6. The van der Waals surface area contributed by atoms with Gasteiger partial charge in [0, 0.05) is 34.2 Å². The maximum Gasteiger partial charge on any atom is 0.416 e. The van der Waals surface area contributed by atoms with Crippen LogP contribution in [0.2, 0.25) is 5.02 Å². The van der Waals surface area contributed by atoms with Crippen molar-refractivity contribution >= 4 is 46.5 Å². The van der Waals surface area contributed by atoms with Crippen LogP contribution >= 0.6 is 23.4 Å². The van der Waals surface area contributed by atoms with E-state index in [2.05, 4.69) is 10.3 Å². The Kier molecular flexibility index (Phi) is 6.92. The summed E-state index contributed by atoms with van der Waals surface area (Å²) in [6, 6.07) is 10.4. The number of nitrogens with zero attached hydrogens (tertiary/aromatic N) is 1. The van der Waals surface area contributed by atoms with Crippen LogP contribution in [0.3, 0.4) is 0 Å². The lowest BCUT2D eigenvalue weighted by atomic mass is 9.71. The van der Waals surface area contributed by atoms with Crippen molar-refractivity contribution in [2.24, 2.45) is 10.9 Å². The van der Waals surface area contributed by atoms with Crippen LogP contribution in [0.4, 0.5) is 18.9 Å². The molecule has 4 rings (SSSR count). The predicted octanol–water partition coefficient (Wildman–Crippen LogP) is 6.90. The standard InChI is InChI=1S/C25H22ClF3N2O2S/c1-13-21(24(33)31-19-12-15(25(27,28)29)8-11-17(19)26)22(14-6-9-16(34-2)10-7-14)23-18(30-13)4-3-5-20(23)32/h6-12,21-22H,3-5H2,1-2H3,(H,31,33)/t21?,22-/m1/s1. The van der Waals surface area contributed by atoms with Crippen molar-refractivity contribution < 1.29 is 22.8 Å². The lowest BCUT2D eigenvalue weighted by Crippen LogP contribution is -2.39. The molecule has 0 spiro atoms. The SMILES string of the molecule is CSc1ccc([C@H]2C3=C(CCCC3=O)N=C(C)C2C(=O)Nc2cc(C(F)(F)F)ccc2Cl)cc1. The molecule has 9 heteroatoms. The Labute approximate surface area is 204 Å². The highest BCUT2D eigenvalue weighted by atomic mass is 35.5. The van der Waals surface area contributed by atoms with Crippen LogP contribution in [0.25, 0.3) is 0 Å². The first-order chi connectivity index (χ1) is 16.1. The molecule has 4 nitrogen and oxygen atoms in total. The first-order valence-corrected chi connectivity index (χ1v) is 12.3. The number of aliphatic imine (C=N–C) groups is 1. The van der Waals surface area contributed by atoms with E-state index in [1.165, 1.54) is 0 Å². The number of amides is 1. The summed E-state index contributed by atoms with van der Waals surface area (Å²) in [7, 11) is 0. The van der Waals surface area contributed by atoms with Gasteiger partial charge >= 0.3 is 6.18 Å². The Balaban J connectivity index is 1.76. The van der Waals surface area contributed by atoms with Crippen molar-refractivity contribution in [2.75, 3.05) is 11.6 Å².